The number of benzene rings is 4. The Balaban J connectivity index is 2.00. The van der Waals surface area contributed by atoms with Crippen LogP contribution in [-0.2, 0) is 0 Å². The molecule has 0 spiro atoms. The molecule has 1 aliphatic heterocycles. The molecule has 1 aliphatic rings. The van der Waals surface area contributed by atoms with Crippen molar-refractivity contribution in [2.75, 3.05) is 0 Å². The molecule has 0 radical (unpaired) electrons. The zero-order valence-corrected chi connectivity index (χ0v) is 20.5. The summed E-state index contributed by atoms with van der Waals surface area (Å²) in [6.07, 6.45) is 0. The van der Waals surface area contributed by atoms with E-state index in [4.69, 9.17) is 0 Å². The highest BCUT2D eigenvalue weighted by Gasteiger charge is 2.47. The molecule has 4 aromatic rings. The predicted octanol–water partition coefficient (Wildman–Crippen LogP) is 4.90. The third kappa shape index (κ3) is 2.84. The Morgan fingerprint density at radius 3 is 1.82 bits per heavy atom. The first-order chi connectivity index (χ1) is 13.7. The van der Waals surface area contributed by atoms with Crippen molar-refractivity contribution in [1.29, 1.82) is 0 Å². The van der Waals surface area contributed by atoms with E-state index < -0.39 is 8.07 Å². The summed E-state index contributed by atoms with van der Waals surface area (Å²) in [5.41, 5.74) is 0. The normalized spacial score (nSPS) is 14.2. The minimum atomic E-state index is -2.41. The average Bonchev–Trinajstić information content (AvgIpc) is 2.73. The van der Waals surface area contributed by atoms with Gasteiger partial charge in [0, 0.05) is 17.8 Å². The maximum absolute atomic E-state index is 3.74. The van der Waals surface area contributed by atoms with Crippen molar-refractivity contribution >= 4 is 79.1 Å². The van der Waals surface area contributed by atoms with Gasteiger partial charge in [-0.3, -0.25) is 0 Å². The zero-order valence-electron chi connectivity index (χ0n) is 14.9. The Morgan fingerprint density at radius 2 is 1.21 bits per heavy atom. The Hall–Kier alpha value is -1.34. The first-order valence-corrected chi connectivity index (χ1v) is 13.8. The van der Waals surface area contributed by atoms with Crippen LogP contribution >= 0.6 is 50.3 Å². The van der Waals surface area contributed by atoms with Gasteiger partial charge in [0.25, 0.3) is 0 Å². The van der Waals surface area contributed by atoms with Gasteiger partial charge < -0.3 is 0 Å². The number of hydrogen-bond donors (Lipinski definition) is 0. The summed E-state index contributed by atoms with van der Waals surface area (Å²) in [6, 6.07) is 35.9. The van der Waals surface area contributed by atoms with E-state index in [2.05, 4.69) is 136 Å². The van der Waals surface area contributed by atoms with Crippen LogP contribution in [0.2, 0.25) is 0 Å². The van der Waals surface area contributed by atoms with Crippen molar-refractivity contribution in [3.05, 3.63) is 105 Å². The standard InChI is InChI=1S/C24H16BrISSi/c25-17-8-7-9-18(16-17)28(22-13-4-1-10-19(22)26)23-14-5-2-11-20(23)27-21-12-3-6-15-24(21)28/h1-16H. The van der Waals surface area contributed by atoms with Crippen LogP contribution in [0, 0.1) is 3.57 Å². The minimum Gasteiger partial charge on any atom is -0.0903 e. The molecule has 0 saturated heterocycles. The number of halogens is 2. The van der Waals surface area contributed by atoms with Gasteiger partial charge in [-0.25, -0.2) is 0 Å². The second-order valence-electron chi connectivity index (χ2n) is 6.83. The van der Waals surface area contributed by atoms with E-state index in [1.54, 1.807) is 0 Å². The highest BCUT2D eigenvalue weighted by molar-refractivity contribution is 14.1. The SMILES string of the molecule is Brc1cccc([Si]2(c3ccccc3I)c3ccccc3Sc3ccccc32)c1. The van der Waals surface area contributed by atoms with Crippen LogP contribution < -0.4 is 20.7 Å². The summed E-state index contributed by atoms with van der Waals surface area (Å²) in [4.78, 5) is 2.76. The van der Waals surface area contributed by atoms with Crippen molar-refractivity contribution in [2.24, 2.45) is 0 Å². The van der Waals surface area contributed by atoms with Crippen LogP contribution in [0.5, 0.6) is 0 Å². The maximum Gasteiger partial charge on any atom is 0.182 e. The molecular formula is C24H16BrISSi. The monoisotopic (exact) mass is 570 g/mol. The molecule has 0 aromatic heterocycles. The Morgan fingerprint density at radius 1 is 0.643 bits per heavy atom. The highest BCUT2D eigenvalue weighted by Crippen LogP contribution is 2.33. The predicted molar refractivity (Wildman–Crippen MR) is 135 cm³/mol. The summed E-state index contributed by atoms with van der Waals surface area (Å²) < 4.78 is 2.47. The van der Waals surface area contributed by atoms with E-state index in [-0.39, 0.29) is 0 Å². The lowest BCUT2D eigenvalue weighted by Gasteiger charge is -2.40. The van der Waals surface area contributed by atoms with Gasteiger partial charge in [0.05, 0.1) is 0 Å². The van der Waals surface area contributed by atoms with Gasteiger partial charge in [0.2, 0.25) is 0 Å². The maximum atomic E-state index is 3.74. The lowest BCUT2D eigenvalue weighted by Crippen LogP contribution is -2.77. The molecule has 0 unspecified atom stereocenters. The van der Waals surface area contributed by atoms with Crippen molar-refractivity contribution in [3.8, 4) is 0 Å². The fraction of sp³-hybridized carbons (Fsp3) is 0. The molecule has 0 atom stereocenters. The molecule has 4 heteroatoms. The third-order valence-corrected chi connectivity index (χ3v) is 13.7. The number of hydrogen-bond acceptors (Lipinski definition) is 1. The molecule has 136 valence electrons. The molecule has 4 aromatic carbocycles. The Kier molecular flexibility index (Phi) is 4.99. The second kappa shape index (κ2) is 7.48. The Bertz CT molecular complexity index is 1130. The van der Waals surface area contributed by atoms with Crippen molar-refractivity contribution in [3.63, 3.8) is 0 Å². The van der Waals surface area contributed by atoms with E-state index in [1.165, 1.54) is 34.1 Å². The van der Waals surface area contributed by atoms with Crippen LogP contribution in [0.1, 0.15) is 0 Å². The van der Waals surface area contributed by atoms with Crippen molar-refractivity contribution < 1.29 is 0 Å². The van der Waals surface area contributed by atoms with Crippen LogP contribution in [0.25, 0.3) is 0 Å². The van der Waals surface area contributed by atoms with E-state index in [1.807, 2.05) is 11.8 Å². The summed E-state index contributed by atoms with van der Waals surface area (Å²) in [5, 5.41) is 5.86. The summed E-state index contributed by atoms with van der Waals surface area (Å²) in [5.74, 6) is 0. The molecule has 0 nitrogen and oxygen atoms in total. The minimum absolute atomic E-state index is 1.14. The van der Waals surface area contributed by atoms with E-state index in [9.17, 15) is 0 Å². The van der Waals surface area contributed by atoms with Gasteiger partial charge in [0.15, 0.2) is 8.07 Å². The van der Waals surface area contributed by atoms with Gasteiger partial charge in [-0.1, -0.05) is 94.4 Å². The van der Waals surface area contributed by atoms with Crippen LogP contribution in [0.3, 0.4) is 0 Å². The molecule has 0 saturated carbocycles. The molecule has 0 bridgehead atoms. The fourth-order valence-corrected chi connectivity index (χ4v) is 13.5. The quantitative estimate of drug-likeness (QED) is 0.215. The molecule has 0 N–H and O–H groups in total. The van der Waals surface area contributed by atoms with E-state index >= 15 is 0 Å². The number of fused-ring (bicyclic) bond motifs is 2. The van der Waals surface area contributed by atoms with Crippen LogP contribution in [-0.4, -0.2) is 8.07 Å². The van der Waals surface area contributed by atoms with Gasteiger partial charge in [-0.2, -0.15) is 0 Å². The largest absolute Gasteiger partial charge is 0.182 e. The lowest BCUT2D eigenvalue weighted by atomic mass is 10.3. The molecule has 0 fully saturated rings. The first-order valence-electron chi connectivity index (χ1n) is 9.09. The lowest BCUT2D eigenvalue weighted by molar-refractivity contribution is 1.41. The summed E-state index contributed by atoms with van der Waals surface area (Å²) in [7, 11) is -2.41. The van der Waals surface area contributed by atoms with Gasteiger partial charge in [0.1, 0.15) is 0 Å². The molecule has 0 aliphatic carbocycles. The molecule has 1 heterocycles. The molecule has 0 amide bonds. The highest BCUT2D eigenvalue weighted by atomic mass is 127. The Labute approximate surface area is 192 Å². The topological polar surface area (TPSA) is 0 Å². The molecular weight excluding hydrogens is 555 g/mol. The first kappa shape index (κ1) is 18.7. The molecule has 28 heavy (non-hydrogen) atoms. The smallest absolute Gasteiger partial charge is 0.0903 e. The van der Waals surface area contributed by atoms with Gasteiger partial charge >= 0.3 is 0 Å². The zero-order chi connectivity index (χ0) is 19.1. The van der Waals surface area contributed by atoms with Crippen molar-refractivity contribution in [2.45, 2.75) is 9.79 Å². The van der Waals surface area contributed by atoms with Crippen LogP contribution in [0.4, 0.5) is 0 Å². The fourth-order valence-electron chi connectivity index (χ4n) is 4.24. The van der Waals surface area contributed by atoms with E-state index in [0.717, 1.165) is 4.47 Å². The summed E-state index contributed by atoms with van der Waals surface area (Å²) in [6.45, 7) is 0. The van der Waals surface area contributed by atoms with E-state index in [0.29, 0.717) is 0 Å². The van der Waals surface area contributed by atoms with Gasteiger partial charge in [-0.15, -0.1) is 0 Å². The third-order valence-electron chi connectivity index (χ3n) is 5.34. The van der Waals surface area contributed by atoms with Crippen LogP contribution in [0.15, 0.2) is 111 Å². The van der Waals surface area contributed by atoms with Crippen molar-refractivity contribution in [1.82, 2.24) is 0 Å². The second-order valence-corrected chi connectivity index (χ2v) is 13.7. The average molecular weight is 571 g/mol. The number of rotatable bonds is 2. The molecule has 5 rings (SSSR count). The van der Waals surface area contributed by atoms with Gasteiger partial charge in [-0.05, 0) is 73.7 Å². The summed E-state index contributed by atoms with van der Waals surface area (Å²) >= 11 is 8.17.